The van der Waals surface area contributed by atoms with Crippen molar-refractivity contribution in [2.45, 2.75) is 32.1 Å². The van der Waals surface area contributed by atoms with Gasteiger partial charge in [0.25, 0.3) is 0 Å². The van der Waals surface area contributed by atoms with Crippen LogP contribution in [0, 0.1) is 11.8 Å². The average molecular weight is 332 g/mol. The Morgan fingerprint density at radius 3 is 2.48 bits per heavy atom. The van der Waals surface area contributed by atoms with Crippen LogP contribution < -0.4 is 4.74 Å². The first-order valence-electron chi connectivity index (χ1n) is 7.27. The zero-order valence-electron chi connectivity index (χ0n) is 12.7. The van der Waals surface area contributed by atoms with E-state index in [2.05, 4.69) is 13.8 Å². The Kier molecular flexibility index (Phi) is 5.17. The molecule has 0 aromatic heterocycles. The Bertz CT molecular complexity index is 593. The van der Waals surface area contributed by atoms with E-state index in [9.17, 15) is 8.42 Å². The summed E-state index contributed by atoms with van der Waals surface area (Å²) in [5, 5.41) is 0.398. The van der Waals surface area contributed by atoms with E-state index in [-0.39, 0.29) is 4.90 Å². The Labute approximate surface area is 132 Å². The highest BCUT2D eigenvalue weighted by atomic mass is 35.5. The van der Waals surface area contributed by atoms with Crippen LogP contribution in [0.4, 0.5) is 0 Å². The number of piperidine rings is 1. The number of nitrogens with zero attached hydrogens (tertiary/aromatic N) is 1. The molecule has 21 heavy (non-hydrogen) atoms. The summed E-state index contributed by atoms with van der Waals surface area (Å²) >= 11 is 5.98. The lowest BCUT2D eigenvalue weighted by molar-refractivity contribution is 0.222. The molecule has 1 aliphatic rings. The summed E-state index contributed by atoms with van der Waals surface area (Å²) in [6.45, 7) is 7.50. The molecule has 0 radical (unpaired) electrons. The van der Waals surface area contributed by atoms with Crippen LogP contribution >= 0.6 is 11.6 Å². The van der Waals surface area contributed by atoms with Crippen LogP contribution in [-0.2, 0) is 10.0 Å². The topological polar surface area (TPSA) is 46.6 Å². The van der Waals surface area contributed by atoms with Crippen LogP contribution in [0.15, 0.2) is 23.1 Å². The van der Waals surface area contributed by atoms with Crippen LogP contribution in [0.1, 0.15) is 27.2 Å². The molecule has 0 N–H and O–H groups in total. The van der Waals surface area contributed by atoms with Gasteiger partial charge in [-0.15, -0.1) is 0 Å². The molecule has 0 spiro atoms. The standard InChI is InChI=1S/C15H22ClNO3S/c1-4-20-14-6-5-13(16)8-15(14)21(18,19)17-9-11(2)7-12(3)10-17/h5-6,8,11-12H,4,7,9-10H2,1-3H3/t11-,12-/m1/s1. The lowest BCUT2D eigenvalue weighted by Gasteiger charge is -2.34. The summed E-state index contributed by atoms with van der Waals surface area (Å²) in [7, 11) is -3.58. The highest BCUT2D eigenvalue weighted by molar-refractivity contribution is 7.89. The average Bonchev–Trinajstić information content (AvgIpc) is 2.40. The van der Waals surface area contributed by atoms with Gasteiger partial charge in [-0.2, -0.15) is 4.31 Å². The van der Waals surface area contributed by atoms with Crippen molar-refractivity contribution < 1.29 is 13.2 Å². The lowest BCUT2D eigenvalue weighted by Crippen LogP contribution is -2.42. The molecule has 0 saturated carbocycles. The number of halogens is 1. The molecule has 4 nitrogen and oxygen atoms in total. The van der Waals surface area contributed by atoms with E-state index in [0.717, 1.165) is 6.42 Å². The Hall–Kier alpha value is -0.780. The first-order valence-corrected chi connectivity index (χ1v) is 9.09. The molecule has 1 aliphatic heterocycles. The van der Waals surface area contributed by atoms with Gasteiger partial charge in [0.05, 0.1) is 6.61 Å². The number of sulfonamides is 1. The molecule has 0 unspecified atom stereocenters. The number of hydrogen-bond acceptors (Lipinski definition) is 3. The SMILES string of the molecule is CCOc1ccc(Cl)cc1S(=O)(=O)N1C[C@H](C)C[C@@H](C)C1. The second kappa shape index (κ2) is 6.55. The fourth-order valence-corrected chi connectivity index (χ4v) is 4.97. The van der Waals surface area contributed by atoms with Crippen LogP contribution in [0.2, 0.25) is 5.02 Å². The van der Waals surface area contributed by atoms with Crippen LogP contribution in [0.5, 0.6) is 5.75 Å². The van der Waals surface area contributed by atoms with Crippen LogP contribution in [0.3, 0.4) is 0 Å². The van der Waals surface area contributed by atoms with Crippen molar-refractivity contribution in [1.82, 2.24) is 4.31 Å². The van der Waals surface area contributed by atoms with Gasteiger partial charge in [-0.1, -0.05) is 25.4 Å². The van der Waals surface area contributed by atoms with E-state index >= 15 is 0 Å². The quantitative estimate of drug-likeness (QED) is 0.849. The Morgan fingerprint density at radius 1 is 1.29 bits per heavy atom. The molecule has 2 rings (SSSR count). The van der Waals surface area contributed by atoms with Gasteiger partial charge in [-0.05, 0) is 43.4 Å². The van der Waals surface area contributed by atoms with Crippen molar-refractivity contribution in [3.8, 4) is 5.75 Å². The van der Waals surface area contributed by atoms with Crippen molar-refractivity contribution in [2.24, 2.45) is 11.8 Å². The monoisotopic (exact) mass is 331 g/mol. The minimum absolute atomic E-state index is 0.165. The van der Waals surface area contributed by atoms with Gasteiger partial charge >= 0.3 is 0 Å². The Morgan fingerprint density at radius 2 is 1.90 bits per heavy atom. The molecule has 0 amide bonds. The van der Waals surface area contributed by atoms with Crippen molar-refractivity contribution in [3.63, 3.8) is 0 Å². The summed E-state index contributed by atoms with van der Waals surface area (Å²) in [6, 6.07) is 4.74. The second-order valence-electron chi connectivity index (χ2n) is 5.79. The minimum atomic E-state index is -3.58. The van der Waals surface area contributed by atoms with Crippen molar-refractivity contribution in [1.29, 1.82) is 0 Å². The summed E-state index contributed by atoms with van der Waals surface area (Å²) in [4.78, 5) is 0.165. The normalized spacial score (nSPS) is 24.0. The highest BCUT2D eigenvalue weighted by Crippen LogP contribution is 2.33. The number of rotatable bonds is 4. The molecule has 0 bridgehead atoms. The summed E-state index contributed by atoms with van der Waals surface area (Å²) in [6.07, 6.45) is 1.06. The van der Waals surface area contributed by atoms with E-state index in [4.69, 9.17) is 16.3 Å². The lowest BCUT2D eigenvalue weighted by atomic mass is 9.94. The van der Waals surface area contributed by atoms with Gasteiger partial charge in [0.2, 0.25) is 10.0 Å². The summed E-state index contributed by atoms with van der Waals surface area (Å²) < 4.78 is 32.8. The summed E-state index contributed by atoms with van der Waals surface area (Å²) in [5.74, 6) is 1.09. The molecule has 1 fully saturated rings. The summed E-state index contributed by atoms with van der Waals surface area (Å²) in [5.41, 5.74) is 0. The van der Waals surface area contributed by atoms with E-state index in [1.807, 2.05) is 6.92 Å². The third kappa shape index (κ3) is 3.71. The maximum atomic E-state index is 12.9. The largest absolute Gasteiger partial charge is 0.492 e. The third-order valence-electron chi connectivity index (χ3n) is 3.66. The van der Waals surface area contributed by atoms with Gasteiger partial charge in [0.1, 0.15) is 10.6 Å². The first-order chi connectivity index (χ1) is 9.84. The maximum absolute atomic E-state index is 12.9. The van der Waals surface area contributed by atoms with Crippen molar-refractivity contribution in [2.75, 3.05) is 19.7 Å². The molecular weight excluding hydrogens is 310 g/mol. The number of ether oxygens (including phenoxy) is 1. The fourth-order valence-electron chi connectivity index (χ4n) is 2.90. The fraction of sp³-hybridized carbons (Fsp3) is 0.600. The van der Waals surface area contributed by atoms with E-state index in [1.54, 1.807) is 16.4 Å². The van der Waals surface area contributed by atoms with E-state index < -0.39 is 10.0 Å². The molecule has 118 valence electrons. The van der Waals surface area contributed by atoms with Crippen LogP contribution in [0.25, 0.3) is 0 Å². The molecule has 0 aliphatic carbocycles. The van der Waals surface area contributed by atoms with Gasteiger partial charge in [-0.3, -0.25) is 0 Å². The smallest absolute Gasteiger partial charge is 0.246 e. The molecule has 1 aromatic carbocycles. The Balaban J connectivity index is 2.41. The second-order valence-corrected chi connectivity index (χ2v) is 8.13. The molecule has 1 heterocycles. The van der Waals surface area contributed by atoms with Gasteiger partial charge in [0, 0.05) is 18.1 Å². The van der Waals surface area contributed by atoms with Crippen LogP contribution in [-0.4, -0.2) is 32.4 Å². The predicted molar refractivity (Wildman–Crippen MR) is 84.3 cm³/mol. The maximum Gasteiger partial charge on any atom is 0.246 e. The number of benzene rings is 1. The number of hydrogen-bond donors (Lipinski definition) is 0. The molecular formula is C15H22ClNO3S. The van der Waals surface area contributed by atoms with Gasteiger partial charge in [-0.25, -0.2) is 8.42 Å². The minimum Gasteiger partial charge on any atom is -0.492 e. The van der Waals surface area contributed by atoms with Gasteiger partial charge in [0.15, 0.2) is 0 Å². The third-order valence-corrected chi connectivity index (χ3v) is 5.75. The van der Waals surface area contributed by atoms with E-state index in [0.29, 0.717) is 42.3 Å². The molecule has 6 heteroatoms. The molecule has 2 atom stereocenters. The zero-order chi connectivity index (χ0) is 15.6. The first kappa shape index (κ1) is 16.6. The van der Waals surface area contributed by atoms with E-state index in [1.165, 1.54) is 6.07 Å². The molecule has 1 saturated heterocycles. The molecule has 1 aromatic rings. The van der Waals surface area contributed by atoms with Crippen molar-refractivity contribution in [3.05, 3.63) is 23.2 Å². The van der Waals surface area contributed by atoms with Gasteiger partial charge < -0.3 is 4.74 Å². The zero-order valence-corrected chi connectivity index (χ0v) is 14.2. The highest BCUT2D eigenvalue weighted by Gasteiger charge is 2.33. The van der Waals surface area contributed by atoms with Crippen molar-refractivity contribution >= 4 is 21.6 Å². The predicted octanol–water partition coefficient (Wildman–Crippen LogP) is 3.41.